The molecule has 1 aromatic rings. The number of nitrogens with zero attached hydrogens (tertiary/aromatic N) is 1. The highest BCUT2D eigenvalue weighted by molar-refractivity contribution is 9.10. The number of esters is 1. The molecular weight excluding hydrogens is 445 g/mol. The number of benzene rings is 1. The highest BCUT2D eigenvalue weighted by atomic mass is 79.9. The first-order chi connectivity index (χ1) is 11.7. The van der Waals surface area contributed by atoms with Gasteiger partial charge in [-0.1, -0.05) is 0 Å². The second-order valence-electron chi connectivity index (χ2n) is 4.64. The number of methoxy groups -OCH3 is 1. The predicted octanol–water partition coefficient (Wildman–Crippen LogP) is 4.10. The SMILES string of the molecule is COc1cc(/C=N\NC(F)(F)C(F)(F)C(F)(F)F)cc(Br)c1OC(C)=O. The smallest absolute Gasteiger partial charge is 0.462 e. The van der Waals surface area contributed by atoms with Crippen molar-refractivity contribution >= 4 is 28.1 Å². The van der Waals surface area contributed by atoms with Crippen molar-refractivity contribution in [3.8, 4) is 11.5 Å². The quantitative estimate of drug-likeness (QED) is 0.175. The van der Waals surface area contributed by atoms with E-state index in [0.29, 0.717) is 11.6 Å². The summed E-state index contributed by atoms with van der Waals surface area (Å²) in [5.41, 5.74) is 0.444. The van der Waals surface area contributed by atoms with Crippen molar-refractivity contribution in [2.75, 3.05) is 7.11 Å². The zero-order valence-corrected chi connectivity index (χ0v) is 14.5. The Morgan fingerprint density at radius 1 is 1.19 bits per heavy atom. The van der Waals surface area contributed by atoms with E-state index in [1.54, 1.807) is 0 Å². The molecule has 0 heterocycles. The molecule has 0 radical (unpaired) electrons. The van der Waals surface area contributed by atoms with Crippen LogP contribution in [0.15, 0.2) is 21.7 Å². The third-order valence-electron chi connectivity index (χ3n) is 2.67. The van der Waals surface area contributed by atoms with Crippen LogP contribution in [0, 0.1) is 0 Å². The number of halogens is 8. The molecule has 0 aliphatic rings. The summed E-state index contributed by atoms with van der Waals surface area (Å²) in [4.78, 5) is 11.0. The maximum atomic E-state index is 13.0. The Bertz CT molecular complexity index is 708. The first kappa shape index (κ1) is 22.0. The third-order valence-corrected chi connectivity index (χ3v) is 3.26. The number of hydrogen-bond acceptors (Lipinski definition) is 5. The number of rotatable bonds is 6. The molecular formula is C13H10BrF7N2O3. The van der Waals surface area contributed by atoms with Gasteiger partial charge in [-0.25, -0.2) is 5.43 Å². The van der Waals surface area contributed by atoms with E-state index in [9.17, 15) is 35.5 Å². The average molecular weight is 455 g/mol. The number of hydrogen-bond donors (Lipinski definition) is 1. The fourth-order valence-electron chi connectivity index (χ4n) is 1.49. The Labute approximate surface area is 150 Å². The molecule has 0 saturated heterocycles. The zero-order chi connectivity index (χ0) is 20.3. The molecule has 0 aromatic heterocycles. The number of hydrazone groups is 1. The second kappa shape index (κ2) is 7.68. The van der Waals surface area contributed by atoms with E-state index in [-0.39, 0.29) is 21.5 Å². The molecule has 0 unspecified atom stereocenters. The van der Waals surface area contributed by atoms with Crippen LogP contribution in [0.1, 0.15) is 12.5 Å². The van der Waals surface area contributed by atoms with Crippen LogP contribution >= 0.6 is 15.9 Å². The van der Waals surface area contributed by atoms with Crippen molar-refractivity contribution in [3.05, 3.63) is 22.2 Å². The number of carbonyl (C=O) groups excluding carboxylic acids is 1. The van der Waals surface area contributed by atoms with Gasteiger partial charge in [0.1, 0.15) is 0 Å². The van der Waals surface area contributed by atoms with Crippen molar-refractivity contribution in [3.63, 3.8) is 0 Å². The standard InChI is InChI=1S/C13H10BrF7N2O3/c1-6(24)26-10-8(14)3-7(4-9(10)25-2)5-22-23-13(20,21)11(15,16)12(17,18)19/h3-5,23H,1-2H3/b22-5-. The highest BCUT2D eigenvalue weighted by Crippen LogP contribution is 2.45. The lowest BCUT2D eigenvalue weighted by molar-refractivity contribution is -0.361. The summed E-state index contributed by atoms with van der Waals surface area (Å²) in [6.45, 7) is 1.11. The van der Waals surface area contributed by atoms with Crippen LogP contribution < -0.4 is 14.9 Å². The molecule has 0 fully saturated rings. The Morgan fingerprint density at radius 3 is 2.23 bits per heavy atom. The fourth-order valence-corrected chi connectivity index (χ4v) is 2.03. The lowest BCUT2D eigenvalue weighted by Crippen LogP contribution is -2.58. The van der Waals surface area contributed by atoms with Gasteiger partial charge in [-0.3, -0.25) is 4.79 Å². The Hall–Kier alpha value is -2.05. The van der Waals surface area contributed by atoms with E-state index in [1.165, 1.54) is 13.2 Å². The number of alkyl halides is 7. The van der Waals surface area contributed by atoms with Crippen molar-refractivity contribution in [1.82, 2.24) is 5.43 Å². The van der Waals surface area contributed by atoms with Crippen LogP contribution in [-0.2, 0) is 4.79 Å². The van der Waals surface area contributed by atoms with Gasteiger partial charge in [0, 0.05) is 6.92 Å². The Morgan fingerprint density at radius 2 is 1.77 bits per heavy atom. The summed E-state index contributed by atoms with van der Waals surface area (Å²) >= 11 is 3.00. The lowest BCUT2D eigenvalue weighted by Gasteiger charge is -2.27. The minimum atomic E-state index is -6.48. The van der Waals surface area contributed by atoms with Gasteiger partial charge in [0.2, 0.25) is 0 Å². The van der Waals surface area contributed by atoms with E-state index in [1.807, 2.05) is 0 Å². The molecule has 0 saturated carbocycles. The number of carbonyl (C=O) groups is 1. The molecule has 146 valence electrons. The minimum absolute atomic E-state index is 0.0387. The summed E-state index contributed by atoms with van der Waals surface area (Å²) in [7, 11) is 1.19. The maximum absolute atomic E-state index is 13.0. The molecule has 1 rings (SSSR count). The van der Waals surface area contributed by atoms with Crippen molar-refractivity contribution in [1.29, 1.82) is 0 Å². The Kier molecular flexibility index (Phi) is 6.49. The molecule has 26 heavy (non-hydrogen) atoms. The summed E-state index contributed by atoms with van der Waals surface area (Å²) in [5.74, 6) is -7.14. The van der Waals surface area contributed by atoms with Gasteiger partial charge in [0.05, 0.1) is 17.8 Å². The van der Waals surface area contributed by atoms with Crippen LogP contribution in [0.3, 0.4) is 0 Å². The average Bonchev–Trinajstić information content (AvgIpc) is 2.47. The van der Waals surface area contributed by atoms with Gasteiger partial charge < -0.3 is 9.47 Å². The van der Waals surface area contributed by atoms with Crippen LogP contribution in [0.25, 0.3) is 0 Å². The van der Waals surface area contributed by atoms with Crippen LogP contribution in [0.2, 0.25) is 0 Å². The molecule has 5 nitrogen and oxygen atoms in total. The molecule has 0 aliphatic heterocycles. The molecule has 13 heteroatoms. The lowest BCUT2D eigenvalue weighted by atomic mass is 10.2. The number of ether oxygens (including phenoxy) is 2. The minimum Gasteiger partial charge on any atom is -0.493 e. The summed E-state index contributed by atoms with van der Waals surface area (Å²) in [6.07, 6.45) is -5.93. The summed E-state index contributed by atoms with van der Waals surface area (Å²) in [6, 6.07) is -3.39. The van der Waals surface area contributed by atoms with Crippen LogP contribution in [0.4, 0.5) is 30.7 Å². The van der Waals surface area contributed by atoms with Gasteiger partial charge in [-0.05, 0) is 33.6 Å². The zero-order valence-electron chi connectivity index (χ0n) is 12.9. The monoisotopic (exact) mass is 454 g/mol. The highest BCUT2D eigenvalue weighted by Gasteiger charge is 2.73. The van der Waals surface area contributed by atoms with E-state index in [0.717, 1.165) is 13.0 Å². The number of nitrogens with one attached hydrogen (secondary N) is 1. The van der Waals surface area contributed by atoms with Gasteiger partial charge >= 0.3 is 24.1 Å². The topological polar surface area (TPSA) is 59.9 Å². The molecule has 0 amide bonds. The molecule has 0 bridgehead atoms. The fraction of sp³-hybridized carbons (Fsp3) is 0.385. The second-order valence-corrected chi connectivity index (χ2v) is 5.50. The van der Waals surface area contributed by atoms with Crippen LogP contribution in [-0.4, -0.2) is 37.4 Å². The van der Waals surface area contributed by atoms with Gasteiger partial charge in [0.25, 0.3) is 0 Å². The van der Waals surface area contributed by atoms with E-state index in [2.05, 4.69) is 21.0 Å². The van der Waals surface area contributed by atoms with E-state index < -0.39 is 24.1 Å². The molecule has 1 aromatic carbocycles. The predicted molar refractivity (Wildman–Crippen MR) is 78.7 cm³/mol. The van der Waals surface area contributed by atoms with Crippen LogP contribution in [0.5, 0.6) is 11.5 Å². The molecule has 1 N–H and O–H groups in total. The normalized spacial score (nSPS) is 13.0. The van der Waals surface area contributed by atoms with Gasteiger partial charge in [0.15, 0.2) is 11.5 Å². The van der Waals surface area contributed by atoms with Crippen molar-refractivity contribution in [2.24, 2.45) is 5.10 Å². The van der Waals surface area contributed by atoms with E-state index in [4.69, 9.17) is 9.47 Å². The molecule has 0 atom stereocenters. The van der Waals surface area contributed by atoms with Crippen molar-refractivity contribution < 1.29 is 45.0 Å². The van der Waals surface area contributed by atoms with E-state index >= 15 is 0 Å². The maximum Gasteiger partial charge on any atom is 0.462 e. The molecule has 0 aliphatic carbocycles. The third kappa shape index (κ3) is 4.77. The summed E-state index contributed by atoms with van der Waals surface area (Å²) in [5, 5.41) is 2.71. The summed E-state index contributed by atoms with van der Waals surface area (Å²) < 4.78 is 97.3. The van der Waals surface area contributed by atoms with Gasteiger partial charge in [-0.15, -0.1) is 0 Å². The van der Waals surface area contributed by atoms with Crippen molar-refractivity contribution in [2.45, 2.75) is 25.1 Å². The Balaban J connectivity index is 3.06. The van der Waals surface area contributed by atoms with Gasteiger partial charge in [-0.2, -0.15) is 35.8 Å². The first-order valence-corrected chi connectivity index (χ1v) is 7.20. The largest absolute Gasteiger partial charge is 0.493 e. The molecule has 0 spiro atoms. The first-order valence-electron chi connectivity index (χ1n) is 6.41.